The average Bonchev–Trinajstić information content (AvgIpc) is 3.03. The van der Waals surface area contributed by atoms with Gasteiger partial charge in [0.2, 0.25) is 0 Å². The number of aliphatic hydroxyl groups excluding tert-OH is 1. The van der Waals surface area contributed by atoms with E-state index >= 15 is 0 Å². The van der Waals surface area contributed by atoms with Gasteiger partial charge in [0.25, 0.3) is 0 Å². The van der Waals surface area contributed by atoms with Crippen molar-refractivity contribution in [1.29, 1.82) is 0 Å². The minimum absolute atomic E-state index is 0.286. The van der Waals surface area contributed by atoms with Crippen LogP contribution in [0.4, 0.5) is 0 Å². The lowest BCUT2D eigenvalue weighted by molar-refractivity contribution is 0.216. The normalized spacial score (nSPS) is 20.2. The third-order valence-electron chi connectivity index (χ3n) is 3.78. The van der Waals surface area contributed by atoms with Crippen LogP contribution >= 0.6 is 0 Å². The Morgan fingerprint density at radius 2 is 2.32 bits per heavy atom. The second-order valence-electron chi connectivity index (χ2n) is 5.19. The Bertz CT molecular complexity index is 564. The summed E-state index contributed by atoms with van der Waals surface area (Å²) in [6.07, 6.45) is 1.07. The molecule has 0 spiro atoms. The zero-order chi connectivity index (χ0) is 13.2. The number of furan rings is 1. The van der Waals surface area contributed by atoms with Gasteiger partial charge in [-0.25, -0.2) is 0 Å². The first kappa shape index (κ1) is 12.5. The molecule has 1 fully saturated rings. The zero-order valence-corrected chi connectivity index (χ0v) is 11.1. The third kappa shape index (κ3) is 2.60. The highest BCUT2D eigenvalue weighted by atomic mass is 16.5. The van der Waals surface area contributed by atoms with Crippen LogP contribution in [0.25, 0.3) is 11.0 Å². The molecule has 3 rings (SSSR count). The van der Waals surface area contributed by atoms with E-state index in [9.17, 15) is 0 Å². The topological polar surface area (TPSA) is 45.8 Å². The van der Waals surface area contributed by atoms with Gasteiger partial charge in [-0.05, 0) is 43.1 Å². The second kappa shape index (κ2) is 5.23. The van der Waals surface area contributed by atoms with Gasteiger partial charge in [0.15, 0.2) is 0 Å². The Kier molecular flexibility index (Phi) is 3.44. The lowest BCUT2D eigenvalue weighted by Crippen LogP contribution is -2.20. The Morgan fingerprint density at radius 1 is 1.42 bits per heavy atom. The highest BCUT2D eigenvalue weighted by Gasteiger charge is 2.22. The van der Waals surface area contributed by atoms with Crippen LogP contribution in [0.1, 0.15) is 12.2 Å². The highest BCUT2D eigenvalue weighted by Crippen LogP contribution is 2.26. The molecule has 1 saturated heterocycles. The van der Waals surface area contributed by atoms with Crippen molar-refractivity contribution in [2.75, 3.05) is 26.8 Å². The van der Waals surface area contributed by atoms with E-state index in [1.165, 1.54) is 0 Å². The van der Waals surface area contributed by atoms with Crippen LogP contribution in [0, 0.1) is 5.92 Å². The van der Waals surface area contributed by atoms with Gasteiger partial charge in [-0.15, -0.1) is 0 Å². The number of ether oxygens (including phenoxy) is 1. The van der Waals surface area contributed by atoms with Gasteiger partial charge >= 0.3 is 0 Å². The zero-order valence-electron chi connectivity index (χ0n) is 11.1. The van der Waals surface area contributed by atoms with E-state index in [0.29, 0.717) is 5.92 Å². The van der Waals surface area contributed by atoms with Crippen molar-refractivity contribution in [2.45, 2.75) is 13.0 Å². The summed E-state index contributed by atoms with van der Waals surface area (Å²) < 4.78 is 11.1. The van der Waals surface area contributed by atoms with Gasteiger partial charge in [0, 0.05) is 18.5 Å². The maximum Gasteiger partial charge on any atom is 0.134 e. The van der Waals surface area contributed by atoms with Gasteiger partial charge in [-0.3, -0.25) is 4.90 Å². The largest absolute Gasteiger partial charge is 0.497 e. The first-order valence-corrected chi connectivity index (χ1v) is 6.68. The Hall–Kier alpha value is -1.52. The summed E-state index contributed by atoms with van der Waals surface area (Å²) in [4.78, 5) is 2.33. The molecule has 0 radical (unpaired) electrons. The molecule has 1 unspecified atom stereocenters. The molecule has 1 aliphatic heterocycles. The summed E-state index contributed by atoms with van der Waals surface area (Å²) in [5, 5.41) is 10.2. The quantitative estimate of drug-likeness (QED) is 0.917. The molecule has 1 N–H and O–H groups in total. The van der Waals surface area contributed by atoms with Crippen molar-refractivity contribution in [3.63, 3.8) is 0 Å². The van der Waals surface area contributed by atoms with E-state index in [-0.39, 0.29) is 6.61 Å². The summed E-state index contributed by atoms with van der Waals surface area (Å²) in [6, 6.07) is 7.92. The first-order valence-electron chi connectivity index (χ1n) is 6.68. The fourth-order valence-corrected chi connectivity index (χ4v) is 2.71. The fourth-order valence-electron chi connectivity index (χ4n) is 2.71. The highest BCUT2D eigenvalue weighted by molar-refractivity contribution is 5.79. The Morgan fingerprint density at radius 3 is 3.05 bits per heavy atom. The number of nitrogens with zero attached hydrogens (tertiary/aromatic N) is 1. The number of methoxy groups -OCH3 is 1. The van der Waals surface area contributed by atoms with Gasteiger partial charge in [0.1, 0.15) is 17.1 Å². The van der Waals surface area contributed by atoms with E-state index < -0.39 is 0 Å². The molecule has 1 aliphatic rings. The summed E-state index contributed by atoms with van der Waals surface area (Å²) in [6.45, 7) is 3.09. The number of fused-ring (bicyclic) bond motifs is 1. The second-order valence-corrected chi connectivity index (χ2v) is 5.19. The molecule has 4 heteroatoms. The summed E-state index contributed by atoms with van der Waals surface area (Å²) in [7, 11) is 1.67. The van der Waals surface area contributed by atoms with Crippen molar-refractivity contribution in [1.82, 2.24) is 4.90 Å². The summed E-state index contributed by atoms with van der Waals surface area (Å²) in [5.74, 6) is 2.24. The molecule has 2 aromatic rings. The van der Waals surface area contributed by atoms with Gasteiger partial charge in [-0.2, -0.15) is 0 Å². The van der Waals surface area contributed by atoms with Crippen LogP contribution in [0.2, 0.25) is 0 Å². The monoisotopic (exact) mass is 261 g/mol. The molecule has 1 atom stereocenters. The average molecular weight is 261 g/mol. The number of rotatable bonds is 4. The third-order valence-corrected chi connectivity index (χ3v) is 3.78. The van der Waals surface area contributed by atoms with Crippen LogP contribution in [-0.2, 0) is 6.54 Å². The van der Waals surface area contributed by atoms with Crippen LogP contribution in [0.3, 0.4) is 0 Å². The van der Waals surface area contributed by atoms with E-state index in [0.717, 1.165) is 48.5 Å². The van der Waals surface area contributed by atoms with Crippen LogP contribution < -0.4 is 4.74 Å². The van der Waals surface area contributed by atoms with Crippen LogP contribution in [-0.4, -0.2) is 36.8 Å². The molecule has 4 nitrogen and oxygen atoms in total. The van der Waals surface area contributed by atoms with Gasteiger partial charge in [-0.1, -0.05) is 0 Å². The van der Waals surface area contributed by atoms with E-state index in [1.54, 1.807) is 7.11 Å². The van der Waals surface area contributed by atoms with Crippen LogP contribution in [0.15, 0.2) is 28.7 Å². The SMILES string of the molecule is COc1ccc2oc(CN3CCC(CO)C3)cc2c1. The predicted molar refractivity (Wildman–Crippen MR) is 73.2 cm³/mol. The minimum Gasteiger partial charge on any atom is -0.497 e. The van der Waals surface area contributed by atoms with Crippen molar-refractivity contribution in [3.05, 3.63) is 30.0 Å². The number of benzene rings is 1. The number of hydrogen-bond donors (Lipinski definition) is 1. The molecule has 2 heterocycles. The van der Waals surface area contributed by atoms with Crippen molar-refractivity contribution < 1.29 is 14.3 Å². The summed E-state index contributed by atoms with van der Waals surface area (Å²) in [5.41, 5.74) is 0.897. The molecule has 102 valence electrons. The molecule has 0 saturated carbocycles. The molecular formula is C15H19NO3. The molecule has 0 bridgehead atoms. The van der Waals surface area contributed by atoms with Crippen molar-refractivity contribution in [2.24, 2.45) is 5.92 Å². The standard InChI is InChI=1S/C15H19NO3/c1-18-13-2-3-15-12(6-13)7-14(19-15)9-16-5-4-11(8-16)10-17/h2-3,6-7,11,17H,4-5,8-10H2,1H3. The predicted octanol–water partition coefficient (Wildman–Crippen LogP) is 2.26. The smallest absolute Gasteiger partial charge is 0.134 e. The number of likely N-dealkylation sites (tertiary alicyclic amines) is 1. The van der Waals surface area contributed by atoms with Crippen molar-refractivity contribution in [3.8, 4) is 5.75 Å². The molecule has 1 aromatic carbocycles. The van der Waals surface area contributed by atoms with Gasteiger partial charge < -0.3 is 14.3 Å². The fraction of sp³-hybridized carbons (Fsp3) is 0.467. The maximum absolute atomic E-state index is 9.16. The minimum atomic E-state index is 0.286. The van der Waals surface area contributed by atoms with E-state index in [2.05, 4.69) is 11.0 Å². The maximum atomic E-state index is 9.16. The van der Waals surface area contributed by atoms with E-state index in [4.69, 9.17) is 14.3 Å². The molecule has 19 heavy (non-hydrogen) atoms. The molecular weight excluding hydrogens is 242 g/mol. The number of hydrogen-bond acceptors (Lipinski definition) is 4. The number of aliphatic hydroxyl groups is 1. The van der Waals surface area contributed by atoms with Crippen LogP contribution in [0.5, 0.6) is 5.75 Å². The molecule has 0 amide bonds. The summed E-state index contributed by atoms with van der Waals surface area (Å²) >= 11 is 0. The Balaban J connectivity index is 1.75. The van der Waals surface area contributed by atoms with E-state index in [1.807, 2.05) is 18.2 Å². The first-order chi connectivity index (χ1) is 9.28. The van der Waals surface area contributed by atoms with Crippen molar-refractivity contribution >= 4 is 11.0 Å². The lowest BCUT2D eigenvalue weighted by Gasteiger charge is -2.13. The van der Waals surface area contributed by atoms with Gasteiger partial charge in [0.05, 0.1) is 13.7 Å². The lowest BCUT2D eigenvalue weighted by atomic mass is 10.1. The Labute approximate surface area is 112 Å². The molecule has 1 aromatic heterocycles. The molecule has 0 aliphatic carbocycles.